The first kappa shape index (κ1) is 21.2. The number of halogens is 1. The lowest BCUT2D eigenvalue weighted by atomic mass is 10.2. The third kappa shape index (κ3) is 5.73. The number of rotatable bonds is 6. The highest BCUT2D eigenvalue weighted by Crippen LogP contribution is 2.19. The number of carbonyl (C=O) groups is 2. The maximum absolute atomic E-state index is 12.7. The van der Waals surface area contributed by atoms with Gasteiger partial charge in [-0.25, -0.2) is 0 Å². The van der Waals surface area contributed by atoms with Crippen molar-refractivity contribution in [1.82, 2.24) is 9.80 Å². The summed E-state index contributed by atoms with van der Waals surface area (Å²) in [5, 5.41) is 0.461. The fourth-order valence-corrected chi connectivity index (χ4v) is 3.67. The van der Waals surface area contributed by atoms with Crippen LogP contribution in [0.2, 0.25) is 5.02 Å². The van der Waals surface area contributed by atoms with Gasteiger partial charge in [0.05, 0.1) is 17.2 Å². The van der Waals surface area contributed by atoms with E-state index < -0.39 is 0 Å². The minimum absolute atomic E-state index is 0.0727. The zero-order valence-electron chi connectivity index (χ0n) is 16.8. The normalized spacial score (nSPS) is 14.4. The molecule has 1 aliphatic rings. The van der Waals surface area contributed by atoms with Gasteiger partial charge in [-0.15, -0.1) is 0 Å². The lowest BCUT2D eigenvalue weighted by Crippen LogP contribution is -2.37. The molecule has 5 nitrogen and oxygen atoms in total. The standard InChI is InChI=1S/C23H27ClN2O3/c1-18-8-2-5-11-21(18)29-17-6-12-22(27)25-13-7-14-26(16-15-25)23(28)19-9-3-4-10-20(19)24/h2-5,8-11H,6-7,12-17H2,1H3. The molecular weight excluding hydrogens is 388 g/mol. The van der Waals surface area contributed by atoms with Crippen LogP contribution in [0.5, 0.6) is 5.75 Å². The van der Waals surface area contributed by atoms with Gasteiger partial charge in [0.1, 0.15) is 5.75 Å². The molecule has 1 saturated heterocycles. The summed E-state index contributed by atoms with van der Waals surface area (Å²) in [5.41, 5.74) is 1.61. The first-order valence-electron chi connectivity index (χ1n) is 10.1. The van der Waals surface area contributed by atoms with E-state index in [0.717, 1.165) is 17.7 Å². The molecule has 0 unspecified atom stereocenters. The van der Waals surface area contributed by atoms with E-state index in [-0.39, 0.29) is 11.8 Å². The summed E-state index contributed by atoms with van der Waals surface area (Å²) in [7, 11) is 0. The smallest absolute Gasteiger partial charge is 0.255 e. The van der Waals surface area contributed by atoms with Gasteiger partial charge in [0.25, 0.3) is 5.91 Å². The molecule has 0 spiro atoms. The van der Waals surface area contributed by atoms with E-state index in [1.54, 1.807) is 17.0 Å². The van der Waals surface area contributed by atoms with E-state index in [2.05, 4.69) is 0 Å². The molecule has 154 valence electrons. The molecule has 6 heteroatoms. The van der Waals surface area contributed by atoms with Crippen LogP contribution in [0, 0.1) is 6.92 Å². The molecule has 3 rings (SSSR count). The van der Waals surface area contributed by atoms with Crippen molar-refractivity contribution in [2.45, 2.75) is 26.2 Å². The van der Waals surface area contributed by atoms with Gasteiger partial charge in [0, 0.05) is 32.6 Å². The second-order valence-electron chi connectivity index (χ2n) is 7.22. The van der Waals surface area contributed by atoms with Crippen LogP contribution in [0.25, 0.3) is 0 Å². The molecule has 0 radical (unpaired) electrons. The zero-order valence-corrected chi connectivity index (χ0v) is 17.5. The number of hydrogen-bond donors (Lipinski definition) is 0. The molecule has 2 aromatic carbocycles. The Labute approximate surface area is 177 Å². The summed E-state index contributed by atoms with van der Waals surface area (Å²) >= 11 is 6.16. The van der Waals surface area contributed by atoms with Crippen molar-refractivity contribution in [2.75, 3.05) is 32.8 Å². The van der Waals surface area contributed by atoms with E-state index in [0.29, 0.717) is 56.2 Å². The van der Waals surface area contributed by atoms with Gasteiger partial charge < -0.3 is 14.5 Å². The van der Waals surface area contributed by atoms with E-state index >= 15 is 0 Å². The van der Waals surface area contributed by atoms with Gasteiger partial charge >= 0.3 is 0 Å². The molecule has 2 amide bonds. The highest BCUT2D eigenvalue weighted by molar-refractivity contribution is 6.33. The Kier molecular flexibility index (Phi) is 7.53. The monoisotopic (exact) mass is 414 g/mol. The second-order valence-corrected chi connectivity index (χ2v) is 7.63. The SMILES string of the molecule is Cc1ccccc1OCCCC(=O)N1CCCN(C(=O)c2ccccc2Cl)CC1. The number of hydrogen-bond acceptors (Lipinski definition) is 3. The van der Waals surface area contributed by atoms with Gasteiger partial charge in [-0.1, -0.05) is 41.9 Å². The van der Waals surface area contributed by atoms with Crippen molar-refractivity contribution in [2.24, 2.45) is 0 Å². The number of aryl methyl sites for hydroxylation is 1. The first-order chi connectivity index (χ1) is 14.1. The molecule has 0 saturated carbocycles. The van der Waals surface area contributed by atoms with Crippen LogP contribution in [0.3, 0.4) is 0 Å². The molecule has 1 heterocycles. The first-order valence-corrected chi connectivity index (χ1v) is 10.4. The average Bonchev–Trinajstić information content (AvgIpc) is 2.98. The largest absolute Gasteiger partial charge is 0.493 e. The molecule has 0 N–H and O–H groups in total. The van der Waals surface area contributed by atoms with Crippen LogP contribution in [0.4, 0.5) is 0 Å². The van der Waals surface area contributed by atoms with Gasteiger partial charge in [-0.3, -0.25) is 9.59 Å². The van der Waals surface area contributed by atoms with E-state index in [4.69, 9.17) is 16.3 Å². The van der Waals surface area contributed by atoms with Crippen LogP contribution in [-0.4, -0.2) is 54.4 Å². The predicted molar refractivity (Wildman–Crippen MR) is 114 cm³/mol. The Bertz CT molecular complexity index is 856. The minimum atomic E-state index is -0.0727. The van der Waals surface area contributed by atoms with Gasteiger partial charge in [0.2, 0.25) is 5.91 Å². The Balaban J connectivity index is 1.45. The van der Waals surface area contributed by atoms with Crippen LogP contribution < -0.4 is 4.74 Å². The van der Waals surface area contributed by atoms with Gasteiger partial charge in [-0.05, 0) is 43.5 Å². The van der Waals surface area contributed by atoms with Gasteiger partial charge in [0.15, 0.2) is 0 Å². The molecule has 0 aliphatic carbocycles. The Hall–Kier alpha value is -2.53. The third-order valence-corrected chi connectivity index (χ3v) is 5.46. The van der Waals surface area contributed by atoms with Crippen molar-refractivity contribution in [1.29, 1.82) is 0 Å². The number of para-hydroxylation sites is 1. The topological polar surface area (TPSA) is 49.9 Å². The highest BCUT2D eigenvalue weighted by Gasteiger charge is 2.23. The van der Waals surface area contributed by atoms with Gasteiger partial charge in [-0.2, -0.15) is 0 Å². The third-order valence-electron chi connectivity index (χ3n) is 5.13. The quantitative estimate of drug-likeness (QED) is 0.666. The summed E-state index contributed by atoms with van der Waals surface area (Å²) in [6.07, 6.45) is 1.89. The molecule has 29 heavy (non-hydrogen) atoms. The van der Waals surface area contributed by atoms with E-state index in [1.807, 2.05) is 48.2 Å². The average molecular weight is 415 g/mol. The van der Waals surface area contributed by atoms with Crippen LogP contribution in [0.1, 0.15) is 35.2 Å². The number of ether oxygens (including phenoxy) is 1. The molecule has 0 aromatic heterocycles. The molecule has 2 aromatic rings. The second kappa shape index (κ2) is 10.3. The van der Waals surface area contributed by atoms with Crippen molar-refractivity contribution in [3.8, 4) is 5.75 Å². The van der Waals surface area contributed by atoms with Crippen molar-refractivity contribution in [3.05, 3.63) is 64.7 Å². The number of amides is 2. The van der Waals surface area contributed by atoms with E-state index in [1.165, 1.54) is 0 Å². The molecule has 1 fully saturated rings. The summed E-state index contributed by atoms with van der Waals surface area (Å²) in [4.78, 5) is 29.0. The van der Waals surface area contributed by atoms with Crippen molar-refractivity contribution in [3.63, 3.8) is 0 Å². The highest BCUT2D eigenvalue weighted by atomic mass is 35.5. The predicted octanol–water partition coefficient (Wildman–Crippen LogP) is 4.18. The van der Waals surface area contributed by atoms with Crippen LogP contribution in [-0.2, 0) is 4.79 Å². The number of nitrogens with zero attached hydrogens (tertiary/aromatic N) is 2. The van der Waals surface area contributed by atoms with Crippen LogP contribution in [0.15, 0.2) is 48.5 Å². The lowest BCUT2D eigenvalue weighted by molar-refractivity contribution is -0.131. The van der Waals surface area contributed by atoms with E-state index in [9.17, 15) is 9.59 Å². The maximum Gasteiger partial charge on any atom is 0.255 e. The maximum atomic E-state index is 12.7. The Morgan fingerprint density at radius 3 is 2.45 bits per heavy atom. The summed E-state index contributed by atoms with van der Waals surface area (Å²) in [6.45, 7) is 4.89. The fraction of sp³-hybridized carbons (Fsp3) is 0.391. The fourth-order valence-electron chi connectivity index (χ4n) is 3.46. The molecule has 1 aliphatic heterocycles. The van der Waals surface area contributed by atoms with Crippen LogP contribution >= 0.6 is 11.6 Å². The molecule has 0 bridgehead atoms. The number of carbonyl (C=O) groups excluding carboxylic acids is 2. The molecule has 0 atom stereocenters. The summed E-state index contributed by atoms with van der Waals surface area (Å²) in [6, 6.07) is 15.0. The lowest BCUT2D eigenvalue weighted by Gasteiger charge is -2.22. The Morgan fingerprint density at radius 2 is 1.66 bits per heavy atom. The zero-order chi connectivity index (χ0) is 20.6. The summed E-state index contributed by atoms with van der Waals surface area (Å²) < 4.78 is 5.77. The van der Waals surface area contributed by atoms with Crippen molar-refractivity contribution >= 4 is 23.4 Å². The minimum Gasteiger partial charge on any atom is -0.493 e. The Morgan fingerprint density at radius 1 is 0.966 bits per heavy atom. The summed E-state index contributed by atoms with van der Waals surface area (Å²) in [5.74, 6) is 0.908. The molecular formula is C23H27ClN2O3. The number of benzene rings is 2. The van der Waals surface area contributed by atoms with Crippen molar-refractivity contribution < 1.29 is 14.3 Å².